The van der Waals surface area contributed by atoms with E-state index in [2.05, 4.69) is 15.6 Å². The lowest BCUT2D eigenvalue weighted by atomic mass is 9.95. The molecule has 3 amide bonds. The van der Waals surface area contributed by atoms with Gasteiger partial charge in [0.2, 0.25) is 5.91 Å². The SMILES string of the molecule is CC(C)(C)NC(=O)[C@@H](c1ccccc1Cl)N(Cc1cccnc1)C(=O)C(=O)NC1CCCCC1. The highest BCUT2D eigenvalue weighted by Crippen LogP contribution is 2.30. The maximum atomic E-state index is 13.6. The summed E-state index contributed by atoms with van der Waals surface area (Å²) < 4.78 is 0. The minimum Gasteiger partial charge on any atom is -0.349 e. The van der Waals surface area contributed by atoms with E-state index in [4.69, 9.17) is 11.6 Å². The van der Waals surface area contributed by atoms with Gasteiger partial charge in [-0.05, 0) is 51.3 Å². The predicted octanol–water partition coefficient (Wildman–Crippen LogP) is 4.17. The van der Waals surface area contributed by atoms with Crippen LogP contribution in [0.4, 0.5) is 0 Å². The summed E-state index contributed by atoms with van der Waals surface area (Å²) in [5.41, 5.74) is 0.597. The van der Waals surface area contributed by atoms with Gasteiger partial charge in [-0.25, -0.2) is 0 Å². The van der Waals surface area contributed by atoms with Crippen LogP contribution in [0.1, 0.15) is 70.0 Å². The fraction of sp³-hybridized carbons (Fsp3) is 0.462. The maximum absolute atomic E-state index is 13.6. The standard InChI is InChI=1S/C26H33ClN4O3/c1-26(2,3)30-23(32)22(20-13-7-8-14-21(20)27)31(17-18-10-9-15-28-16-18)25(34)24(33)29-19-11-5-4-6-12-19/h7-10,13-16,19,22H,4-6,11-12,17H2,1-3H3,(H,29,33)(H,30,32)/t22-/m1/s1. The Kier molecular flexibility index (Phi) is 8.67. The Morgan fingerprint density at radius 3 is 2.41 bits per heavy atom. The topological polar surface area (TPSA) is 91.4 Å². The van der Waals surface area contributed by atoms with Crippen molar-refractivity contribution < 1.29 is 14.4 Å². The van der Waals surface area contributed by atoms with Gasteiger partial charge in [0.1, 0.15) is 6.04 Å². The zero-order valence-electron chi connectivity index (χ0n) is 20.0. The molecule has 3 rings (SSSR count). The zero-order valence-corrected chi connectivity index (χ0v) is 20.8. The Labute approximate surface area is 206 Å². The molecule has 1 aliphatic carbocycles. The average Bonchev–Trinajstić information content (AvgIpc) is 2.79. The molecule has 0 unspecified atom stereocenters. The lowest BCUT2D eigenvalue weighted by Gasteiger charge is -2.34. The second-order valence-electron chi connectivity index (χ2n) is 9.77. The molecule has 1 heterocycles. The van der Waals surface area contributed by atoms with Crippen molar-refractivity contribution in [3.8, 4) is 0 Å². The molecule has 0 spiro atoms. The molecule has 0 saturated heterocycles. The third-order valence-corrected chi connectivity index (χ3v) is 6.07. The number of benzene rings is 1. The Bertz CT molecular complexity index is 1000. The summed E-state index contributed by atoms with van der Waals surface area (Å²) in [7, 11) is 0. The maximum Gasteiger partial charge on any atom is 0.313 e. The van der Waals surface area contributed by atoms with E-state index < -0.39 is 29.3 Å². The average molecular weight is 485 g/mol. The van der Waals surface area contributed by atoms with Gasteiger partial charge in [0.15, 0.2) is 0 Å². The summed E-state index contributed by atoms with van der Waals surface area (Å²) in [6.45, 7) is 5.60. The molecule has 0 bridgehead atoms. The first-order valence-corrected chi connectivity index (χ1v) is 12.1. The quantitative estimate of drug-likeness (QED) is 0.602. The van der Waals surface area contributed by atoms with Crippen molar-refractivity contribution in [1.82, 2.24) is 20.5 Å². The number of nitrogens with one attached hydrogen (secondary N) is 2. The monoisotopic (exact) mass is 484 g/mol. The molecule has 2 N–H and O–H groups in total. The fourth-order valence-electron chi connectivity index (χ4n) is 4.18. The number of hydrogen-bond acceptors (Lipinski definition) is 4. The van der Waals surface area contributed by atoms with Crippen LogP contribution in [-0.4, -0.2) is 39.2 Å². The van der Waals surface area contributed by atoms with E-state index >= 15 is 0 Å². The van der Waals surface area contributed by atoms with Gasteiger partial charge >= 0.3 is 11.8 Å². The van der Waals surface area contributed by atoms with Crippen LogP contribution in [0.5, 0.6) is 0 Å². The summed E-state index contributed by atoms with van der Waals surface area (Å²) in [6, 6.07) is 9.31. The fourth-order valence-corrected chi connectivity index (χ4v) is 4.42. The molecule has 1 aromatic carbocycles. The van der Waals surface area contributed by atoms with Gasteiger partial charge in [0, 0.05) is 41.1 Å². The number of amides is 3. The minimum atomic E-state index is -1.10. The highest BCUT2D eigenvalue weighted by molar-refractivity contribution is 6.35. The predicted molar refractivity (Wildman–Crippen MR) is 132 cm³/mol. The van der Waals surface area contributed by atoms with Gasteiger partial charge in [0.05, 0.1) is 0 Å². The Balaban J connectivity index is 2.00. The largest absolute Gasteiger partial charge is 0.349 e. The van der Waals surface area contributed by atoms with E-state index in [9.17, 15) is 14.4 Å². The van der Waals surface area contributed by atoms with Crippen LogP contribution in [0, 0.1) is 0 Å². The van der Waals surface area contributed by atoms with Gasteiger partial charge in [-0.3, -0.25) is 19.4 Å². The Hall–Kier alpha value is -2.93. The summed E-state index contributed by atoms with van der Waals surface area (Å²) >= 11 is 6.49. The molecule has 8 heteroatoms. The number of carbonyl (C=O) groups excluding carboxylic acids is 3. The van der Waals surface area contributed by atoms with Gasteiger partial charge < -0.3 is 15.5 Å². The van der Waals surface area contributed by atoms with Crippen LogP contribution in [0.25, 0.3) is 0 Å². The molecule has 1 saturated carbocycles. The number of hydrogen-bond donors (Lipinski definition) is 2. The molecule has 0 aliphatic heterocycles. The summed E-state index contributed by atoms with van der Waals surface area (Å²) in [6.07, 6.45) is 8.12. The van der Waals surface area contributed by atoms with Crippen molar-refractivity contribution in [2.45, 2.75) is 77.0 Å². The molecule has 182 valence electrons. The smallest absolute Gasteiger partial charge is 0.313 e. The second-order valence-corrected chi connectivity index (χ2v) is 10.2. The number of halogens is 1. The number of nitrogens with zero attached hydrogens (tertiary/aromatic N) is 2. The molecule has 2 aromatic rings. The van der Waals surface area contributed by atoms with E-state index in [-0.39, 0.29) is 12.6 Å². The molecule has 1 atom stereocenters. The molecule has 1 fully saturated rings. The van der Waals surface area contributed by atoms with E-state index in [1.54, 1.807) is 48.8 Å². The highest BCUT2D eigenvalue weighted by atomic mass is 35.5. The number of carbonyl (C=O) groups is 3. The summed E-state index contributed by atoms with van der Waals surface area (Å²) in [4.78, 5) is 45.6. The lowest BCUT2D eigenvalue weighted by molar-refractivity contribution is -0.151. The Morgan fingerprint density at radius 1 is 1.09 bits per heavy atom. The molecule has 0 radical (unpaired) electrons. The summed E-state index contributed by atoms with van der Waals surface area (Å²) in [5, 5.41) is 6.17. The van der Waals surface area contributed by atoms with Crippen molar-refractivity contribution in [2.75, 3.05) is 0 Å². The molecule has 1 aromatic heterocycles. The first-order chi connectivity index (χ1) is 16.2. The number of rotatable bonds is 6. The number of pyridine rings is 1. The van der Waals surface area contributed by atoms with E-state index in [1.165, 1.54) is 4.90 Å². The van der Waals surface area contributed by atoms with Gasteiger partial charge in [-0.2, -0.15) is 0 Å². The van der Waals surface area contributed by atoms with Crippen LogP contribution >= 0.6 is 11.6 Å². The molecular formula is C26H33ClN4O3. The van der Waals surface area contributed by atoms with E-state index in [0.29, 0.717) is 16.1 Å². The molecule has 7 nitrogen and oxygen atoms in total. The molecular weight excluding hydrogens is 452 g/mol. The van der Waals surface area contributed by atoms with E-state index in [0.717, 1.165) is 32.1 Å². The van der Waals surface area contributed by atoms with Crippen LogP contribution in [0.15, 0.2) is 48.8 Å². The van der Waals surface area contributed by atoms with Gasteiger partial charge in [-0.1, -0.05) is 55.1 Å². The second kappa shape index (κ2) is 11.5. The third-order valence-electron chi connectivity index (χ3n) is 5.73. The normalized spacial score (nSPS) is 15.3. The van der Waals surface area contributed by atoms with Crippen LogP contribution in [-0.2, 0) is 20.9 Å². The summed E-state index contributed by atoms with van der Waals surface area (Å²) in [5.74, 6) is -1.90. The van der Waals surface area contributed by atoms with Crippen molar-refractivity contribution in [2.24, 2.45) is 0 Å². The third kappa shape index (κ3) is 7.03. The van der Waals surface area contributed by atoms with E-state index in [1.807, 2.05) is 20.8 Å². The number of aromatic nitrogens is 1. The van der Waals surface area contributed by atoms with Crippen LogP contribution < -0.4 is 10.6 Å². The minimum absolute atomic E-state index is 0.0260. The van der Waals surface area contributed by atoms with Crippen molar-refractivity contribution in [3.05, 3.63) is 64.9 Å². The molecule has 1 aliphatic rings. The van der Waals surface area contributed by atoms with Crippen LogP contribution in [0.2, 0.25) is 5.02 Å². The van der Waals surface area contributed by atoms with Crippen molar-refractivity contribution in [3.63, 3.8) is 0 Å². The highest BCUT2D eigenvalue weighted by Gasteiger charge is 2.37. The Morgan fingerprint density at radius 2 is 1.79 bits per heavy atom. The first-order valence-electron chi connectivity index (χ1n) is 11.7. The van der Waals surface area contributed by atoms with Crippen molar-refractivity contribution in [1.29, 1.82) is 0 Å². The molecule has 34 heavy (non-hydrogen) atoms. The van der Waals surface area contributed by atoms with Gasteiger partial charge in [-0.15, -0.1) is 0 Å². The van der Waals surface area contributed by atoms with Crippen molar-refractivity contribution >= 4 is 29.3 Å². The zero-order chi connectivity index (χ0) is 24.7. The van der Waals surface area contributed by atoms with Gasteiger partial charge in [0.25, 0.3) is 0 Å². The first kappa shape index (κ1) is 25.7. The van der Waals surface area contributed by atoms with Crippen LogP contribution in [0.3, 0.4) is 0 Å². The lowest BCUT2D eigenvalue weighted by Crippen LogP contribution is -2.53.